The van der Waals surface area contributed by atoms with Crippen molar-refractivity contribution in [3.63, 3.8) is 0 Å². The third-order valence-corrected chi connectivity index (χ3v) is 7.60. The van der Waals surface area contributed by atoms with Gasteiger partial charge in [-0.05, 0) is 24.3 Å². The maximum atomic E-state index is 13.6. The smallest absolute Gasteiger partial charge is 0.252 e. The van der Waals surface area contributed by atoms with E-state index in [1.54, 1.807) is 29.2 Å². The maximum Gasteiger partial charge on any atom is 0.252 e. The Morgan fingerprint density at radius 3 is 2.42 bits per heavy atom. The number of carbonyl (C=O) groups excluding carboxylic acids is 1. The normalized spacial score (nSPS) is 16.3. The van der Waals surface area contributed by atoms with Gasteiger partial charge >= 0.3 is 0 Å². The van der Waals surface area contributed by atoms with Gasteiger partial charge < -0.3 is 4.90 Å². The Kier molecular flexibility index (Phi) is 5.76. The van der Waals surface area contributed by atoms with Gasteiger partial charge in [0.1, 0.15) is 10.0 Å². The molecule has 1 aliphatic rings. The summed E-state index contributed by atoms with van der Waals surface area (Å²) in [7, 11) is -3.59. The van der Waals surface area contributed by atoms with Crippen molar-refractivity contribution in [2.75, 3.05) is 26.2 Å². The fourth-order valence-corrected chi connectivity index (χ4v) is 5.65. The summed E-state index contributed by atoms with van der Waals surface area (Å²) in [6.45, 7) is 0.964. The van der Waals surface area contributed by atoms with Gasteiger partial charge in [0.25, 0.3) is 10.0 Å². The van der Waals surface area contributed by atoms with Crippen molar-refractivity contribution in [2.45, 2.75) is 4.21 Å². The number of hydrogen-bond acceptors (Lipinski definition) is 4. The van der Waals surface area contributed by atoms with Gasteiger partial charge in [-0.1, -0.05) is 29.8 Å². The van der Waals surface area contributed by atoms with Crippen LogP contribution in [0.4, 0.5) is 4.39 Å². The Morgan fingerprint density at radius 1 is 1.12 bits per heavy atom. The molecule has 9 heteroatoms. The highest BCUT2D eigenvalue weighted by Crippen LogP contribution is 2.28. The van der Waals surface area contributed by atoms with Crippen molar-refractivity contribution in [1.29, 1.82) is 0 Å². The van der Waals surface area contributed by atoms with Crippen molar-refractivity contribution >= 4 is 44.9 Å². The number of thiophene rings is 1. The van der Waals surface area contributed by atoms with Gasteiger partial charge in [0, 0.05) is 37.8 Å². The molecule has 2 heterocycles. The van der Waals surface area contributed by atoms with Crippen LogP contribution in [-0.4, -0.2) is 49.7 Å². The standard InChI is InChI=1S/C17H16ClFN2O3S2/c18-15-6-8-17(25-15)26(23,24)21-11-9-20(10-12-21)16(22)7-5-13-3-1-2-4-14(13)19/h1-8H,9-12H2/b7-5+. The Hall–Kier alpha value is -1.74. The molecular formula is C17H16ClFN2O3S2. The summed E-state index contributed by atoms with van der Waals surface area (Å²) in [6, 6.07) is 9.20. The fourth-order valence-electron chi connectivity index (χ4n) is 2.59. The summed E-state index contributed by atoms with van der Waals surface area (Å²) in [5, 5.41) is 0. The lowest BCUT2D eigenvalue weighted by molar-refractivity contribution is -0.127. The molecule has 0 unspecified atom stereocenters. The van der Waals surface area contributed by atoms with Gasteiger partial charge in [-0.3, -0.25) is 4.79 Å². The molecule has 1 aromatic carbocycles. The van der Waals surface area contributed by atoms with Gasteiger partial charge in [0.05, 0.1) is 4.34 Å². The van der Waals surface area contributed by atoms with E-state index < -0.39 is 15.8 Å². The minimum atomic E-state index is -3.59. The summed E-state index contributed by atoms with van der Waals surface area (Å²) in [5.41, 5.74) is 0.330. The fraction of sp³-hybridized carbons (Fsp3) is 0.235. The van der Waals surface area contributed by atoms with Crippen LogP contribution in [0.3, 0.4) is 0 Å². The Morgan fingerprint density at radius 2 is 1.81 bits per heavy atom. The SMILES string of the molecule is O=C(/C=C/c1ccccc1F)N1CCN(S(=O)(=O)c2ccc(Cl)s2)CC1. The lowest BCUT2D eigenvalue weighted by Crippen LogP contribution is -2.50. The van der Waals surface area contributed by atoms with Crippen LogP contribution in [0.15, 0.2) is 46.7 Å². The molecular weight excluding hydrogens is 399 g/mol. The molecule has 0 atom stereocenters. The zero-order valence-corrected chi connectivity index (χ0v) is 16.0. The van der Waals surface area contributed by atoms with Crippen LogP contribution in [0, 0.1) is 5.82 Å². The monoisotopic (exact) mass is 414 g/mol. The molecule has 138 valence electrons. The quantitative estimate of drug-likeness (QED) is 0.722. The van der Waals surface area contributed by atoms with E-state index in [1.807, 2.05) is 0 Å². The van der Waals surface area contributed by atoms with Crippen LogP contribution >= 0.6 is 22.9 Å². The van der Waals surface area contributed by atoms with E-state index in [1.165, 1.54) is 28.6 Å². The Balaban J connectivity index is 1.61. The van der Waals surface area contributed by atoms with Crippen LogP contribution in [0.2, 0.25) is 4.34 Å². The molecule has 1 aromatic heterocycles. The van der Waals surface area contributed by atoms with E-state index in [2.05, 4.69) is 0 Å². The second kappa shape index (κ2) is 7.87. The summed E-state index contributed by atoms with van der Waals surface area (Å²) < 4.78 is 40.6. The van der Waals surface area contributed by atoms with Gasteiger partial charge in [-0.2, -0.15) is 4.31 Å². The first kappa shape index (κ1) is 19.0. The highest BCUT2D eigenvalue weighted by atomic mass is 35.5. The van der Waals surface area contributed by atoms with Crippen molar-refractivity contribution in [1.82, 2.24) is 9.21 Å². The van der Waals surface area contributed by atoms with Crippen LogP contribution in [0.25, 0.3) is 6.08 Å². The first-order valence-corrected chi connectivity index (χ1v) is 10.5. The Labute approximate surface area is 160 Å². The molecule has 5 nitrogen and oxygen atoms in total. The van der Waals surface area contributed by atoms with Crippen LogP contribution in [0.1, 0.15) is 5.56 Å². The van der Waals surface area contributed by atoms with E-state index in [0.717, 1.165) is 11.3 Å². The number of sulfonamides is 1. The summed E-state index contributed by atoms with van der Waals surface area (Å²) in [4.78, 5) is 13.8. The maximum absolute atomic E-state index is 13.6. The summed E-state index contributed by atoms with van der Waals surface area (Å²) in [5.74, 6) is -0.674. The number of benzene rings is 1. The second-order valence-electron chi connectivity index (χ2n) is 5.64. The van der Waals surface area contributed by atoms with Gasteiger partial charge in [-0.15, -0.1) is 11.3 Å². The molecule has 1 saturated heterocycles. The topological polar surface area (TPSA) is 57.7 Å². The molecule has 0 spiro atoms. The lowest BCUT2D eigenvalue weighted by Gasteiger charge is -2.33. The minimum absolute atomic E-state index is 0.196. The second-order valence-corrected chi connectivity index (χ2v) is 9.52. The van der Waals surface area contributed by atoms with Crippen molar-refractivity contribution in [3.8, 4) is 0 Å². The largest absolute Gasteiger partial charge is 0.337 e. The predicted molar refractivity (Wildman–Crippen MR) is 100 cm³/mol. The number of amides is 1. The predicted octanol–water partition coefficient (Wildman–Crippen LogP) is 3.09. The molecule has 3 rings (SSSR count). The van der Waals surface area contributed by atoms with Crippen LogP contribution < -0.4 is 0 Å². The van der Waals surface area contributed by atoms with Gasteiger partial charge in [-0.25, -0.2) is 12.8 Å². The van der Waals surface area contributed by atoms with Gasteiger partial charge in [0.2, 0.25) is 5.91 Å². The van der Waals surface area contributed by atoms with Crippen molar-refractivity contribution < 1.29 is 17.6 Å². The third kappa shape index (κ3) is 4.15. The molecule has 1 aliphatic heterocycles. The molecule has 0 aliphatic carbocycles. The molecule has 1 fully saturated rings. The average Bonchev–Trinajstić information content (AvgIpc) is 3.08. The first-order valence-electron chi connectivity index (χ1n) is 7.85. The van der Waals surface area contributed by atoms with E-state index in [4.69, 9.17) is 11.6 Å². The third-order valence-electron chi connectivity index (χ3n) is 4.00. The Bertz CT molecular complexity index is 935. The molecule has 26 heavy (non-hydrogen) atoms. The number of nitrogens with zero attached hydrogens (tertiary/aromatic N) is 2. The summed E-state index contributed by atoms with van der Waals surface area (Å²) >= 11 is 6.83. The number of rotatable bonds is 4. The van der Waals surface area contributed by atoms with Crippen LogP contribution in [-0.2, 0) is 14.8 Å². The highest BCUT2D eigenvalue weighted by Gasteiger charge is 2.30. The number of piperazine rings is 1. The molecule has 0 bridgehead atoms. The minimum Gasteiger partial charge on any atom is -0.337 e. The molecule has 0 N–H and O–H groups in total. The van der Waals surface area contributed by atoms with E-state index >= 15 is 0 Å². The lowest BCUT2D eigenvalue weighted by atomic mass is 10.2. The summed E-state index contributed by atoms with van der Waals surface area (Å²) in [6.07, 6.45) is 2.73. The van der Waals surface area contributed by atoms with E-state index in [-0.39, 0.29) is 36.3 Å². The van der Waals surface area contributed by atoms with Crippen molar-refractivity contribution in [3.05, 3.63) is 58.2 Å². The zero-order valence-electron chi connectivity index (χ0n) is 13.6. The highest BCUT2D eigenvalue weighted by molar-refractivity contribution is 7.91. The average molecular weight is 415 g/mol. The van der Waals surface area contributed by atoms with Crippen molar-refractivity contribution in [2.24, 2.45) is 0 Å². The number of hydrogen-bond donors (Lipinski definition) is 0. The number of carbonyl (C=O) groups is 1. The molecule has 2 aromatic rings. The zero-order chi connectivity index (χ0) is 18.7. The molecule has 0 radical (unpaired) electrons. The van der Waals surface area contributed by atoms with E-state index in [0.29, 0.717) is 9.90 Å². The van der Waals surface area contributed by atoms with E-state index in [9.17, 15) is 17.6 Å². The first-order chi connectivity index (χ1) is 12.4. The van der Waals surface area contributed by atoms with Gasteiger partial charge in [0.15, 0.2) is 0 Å². The van der Waals surface area contributed by atoms with Crippen LogP contribution in [0.5, 0.6) is 0 Å². The molecule has 1 amide bonds. The number of halogens is 2. The molecule has 0 saturated carbocycles.